The lowest BCUT2D eigenvalue weighted by atomic mass is 10.1. The highest BCUT2D eigenvalue weighted by Crippen LogP contribution is 2.22. The van der Waals surface area contributed by atoms with Gasteiger partial charge in [-0.1, -0.05) is 6.42 Å². The smallest absolute Gasteiger partial charge is 0.137 e. The lowest BCUT2D eigenvalue weighted by Gasteiger charge is -2.29. The molecule has 1 aliphatic heterocycles. The van der Waals surface area contributed by atoms with Crippen LogP contribution in [0.25, 0.3) is 10.9 Å². The third-order valence-electron chi connectivity index (χ3n) is 4.02. The quantitative estimate of drug-likeness (QED) is 0.845. The SMILES string of the molecule is CC(CN1CCCCC1)Nc1ncnc2ccc(N)cc12. The van der Waals surface area contributed by atoms with E-state index < -0.39 is 0 Å². The first-order valence-electron chi connectivity index (χ1n) is 7.71. The monoisotopic (exact) mass is 285 g/mol. The minimum absolute atomic E-state index is 0.350. The molecule has 0 spiro atoms. The van der Waals surface area contributed by atoms with Crippen LogP contribution < -0.4 is 11.1 Å². The zero-order valence-corrected chi connectivity index (χ0v) is 12.5. The molecule has 2 heterocycles. The largest absolute Gasteiger partial charge is 0.399 e. The van der Waals surface area contributed by atoms with E-state index in [0.29, 0.717) is 6.04 Å². The zero-order chi connectivity index (χ0) is 14.7. The van der Waals surface area contributed by atoms with Crippen LogP contribution in [0.1, 0.15) is 26.2 Å². The summed E-state index contributed by atoms with van der Waals surface area (Å²) in [4.78, 5) is 11.2. The van der Waals surface area contributed by atoms with Gasteiger partial charge in [0.2, 0.25) is 0 Å². The number of nitrogens with two attached hydrogens (primary N) is 1. The van der Waals surface area contributed by atoms with Crippen molar-refractivity contribution in [2.75, 3.05) is 30.7 Å². The summed E-state index contributed by atoms with van der Waals surface area (Å²) in [5, 5.41) is 4.50. The van der Waals surface area contributed by atoms with Gasteiger partial charge in [-0.15, -0.1) is 0 Å². The Morgan fingerprint density at radius 3 is 2.86 bits per heavy atom. The second-order valence-electron chi connectivity index (χ2n) is 5.91. The van der Waals surface area contributed by atoms with Crippen molar-refractivity contribution in [1.82, 2.24) is 14.9 Å². The van der Waals surface area contributed by atoms with Gasteiger partial charge in [0.25, 0.3) is 0 Å². The molecule has 1 atom stereocenters. The lowest BCUT2D eigenvalue weighted by molar-refractivity contribution is 0.223. The second-order valence-corrected chi connectivity index (χ2v) is 5.91. The van der Waals surface area contributed by atoms with E-state index in [1.54, 1.807) is 6.33 Å². The van der Waals surface area contributed by atoms with Gasteiger partial charge in [0.05, 0.1) is 5.52 Å². The molecule has 3 rings (SSSR count). The van der Waals surface area contributed by atoms with Crippen molar-refractivity contribution in [3.63, 3.8) is 0 Å². The molecule has 0 saturated carbocycles. The molecule has 21 heavy (non-hydrogen) atoms. The Morgan fingerprint density at radius 2 is 2.05 bits per heavy atom. The van der Waals surface area contributed by atoms with E-state index in [1.807, 2.05) is 18.2 Å². The van der Waals surface area contributed by atoms with Crippen molar-refractivity contribution >= 4 is 22.4 Å². The number of benzene rings is 1. The van der Waals surface area contributed by atoms with E-state index >= 15 is 0 Å². The average molecular weight is 285 g/mol. The van der Waals surface area contributed by atoms with Gasteiger partial charge in [0, 0.05) is 23.7 Å². The van der Waals surface area contributed by atoms with E-state index in [4.69, 9.17) is 5.73 Å². The molecule has 1 aromatic heterocycles. The Labute approximate surface area is 125 Å². The van der Waals surface area contributed by atoms with Gasteiger partial charge in [-0.05, 0) is 51.1 Å². The lowest BCUT2D eigenvalue weighted by Crippen LogP contribution is -2.38. The molecule has 1 unspecified atom stereocenters. The number of piperidine rings is 1. The summed E-state index contributed by atoms with van der Waals surface area (Å²) in [7, 11) is 0. The number of rotatable bonds is 4. The van der Waals surface area contributed by atoms with Crippen molar-refractivity contribution < 1.29 is 0 Å². The zero-order valence-electron chi connectivity index (χ0n) is 12.5. The number of nitrogen functional groups attached to an aromatic ring is 1. The van der Waals surface area contributed by atoms with E-state index in [2.05, 4.69) is 27.1 Å². The molecule has 1 aliphatic rings. The molecule has 5 nitrogen and oxygen atoms in total. The van der Waals surface area contributed by atoms with Gasteiger partial charge in [0.1, 0.15) is 12.1 Å². The summed E-state index contributed by atoms with van der Waals surface area (Å²) >= 11 is 0. The molecule has 112 valence electrons. The summed E-state index contributed by atoms with van der Waals surface area (Å²) in [6, 6.07) is 6.09. The van der Waals surface area contributed by atoms with E-state index in [1.165, 1.54) is 32.4 Å². The summed E-state index contributed by atoms with van der Waals surface area (Å²) in [6.07, 6.45) is 5.61. The minimum atomic E-state index is 0.350. The average Bonchev–Trinajstić information content (AvgIpc) is 2.49. The molecule has 0 aliphatic carbocycles. The summed E-state index contributed by atoms with van der Waals surface area (Å²) in [6.45, 7) is 5.68. The Morgan fingerprint density at radius 1 is 1.24 bits per heavy atom. The van der Waals surface area contributed by atoms with Gasteiger partial charge < -0.3 is 16.0 Å². The first-order valence-corrected chi connectivity index (χ1v) is 7.71. The van der Waals surface area contributed by atoms with Crippen molar-refractivity contribution in [1.29, 1.82) is 0 Å². The number of likely N-dealkylation sites (tertiary alicyclic amines) is 1. The predicted molar refractivity (Wildman–Crippen MR) is 87.3 cm³/mol. The molecule has 3 N–H and O–H groups in total. The Hall–Kier alpha value is -1.88. The molecule has 0 amide bonds. The number of hydrogen-bond donors (Lipinski definition) is 2. The Balaban J connectivity index is 1.73. The maximum atomic E-state index is 5.88. The van der Waals surface area contributed by atoms with Crippen molar-refractivity contribution in [2.24, 2.45) is 0 Å². The first-order chi connectivity index (χ1) is 10.2. The summed E-state index contributed by atoms with van der Waals surface area (Å²) in [5.74, 6) is 0.872. The van der Waals surface area contributed by atoms with Crippen LogP contribution in [0.3, 0.4) is 0 Å². The highest BCUT2D eigenvalue weighted by atomic mass is 15.2. The molecular formula is C16H23N5. The van der Waals surface area contributed by atoms with Crippen LogP contribution in [0, 0.1) is 0 Å². The van der Waals surface area contributed by atoms with Gasteiger partial charge in [0.15, 0.2) is 0 Å². The van der Waals surface area contributed by atoms with Crippen molar-refractivity contribution in [3.8, 4) is 0 Å². The molecule has 2 aromatic rings. The van der Waals surface area contributed by atoms with Crippen molar-refractivity contribution in [3.05, 3.63) is 24.5 Å². The van der Waals surface area contributed by atoms with E-state index in [9.17, 15) is 0 Å². The summed E-state index contributed by atoms with van der Waals surface area (Å²) < 4.78 is 0. The number of nitrogens with zero attached hydrogens (tertiary/aromatic N) is 3. The second kappa shape index (κ2) is 6.26. The van der Waals surface area contributed by atoms with Gasteiger partial charge >= 0.3 is 0 Å². The van der Waals surface area contributed by atoms with E-state index in [-0.39, 0.29) is 0 Å². The van der Waals surface area contributed by atoms with Crippen LogP contribution in [-0.4, -0.2) is 40.5 Å². The predicted octanol–water partition coefficient (Wildman–Crippen LogP) is 2.50. The van der Waals surface area contributed by atoms with Crippen LogP contribution in [0.5, 0.6) is 0 Å². The van der Waals surface area contributed by atoms with Crippen LogP contribution in [0.15, 0.2) is 24.5 Å². The van der Waals surface area contributed by atoms with Gasteiger partial charge in [-0.2, -0.15) is 0 Å². The first kappa shape index (κ1) is 14.1. The van der Waals surface area contributed by atoms with Crippen LogP contribution >= 0.6 is 0 Å². The standard InChI is InChI=1S/C16H23N5/c1-12(10-21-7-3-2-4-8-21)20-16-14-9-13(17)5-6-15(14)18-11-19-16/h5-6,9,11-12H,2-4,7-8,10,17H2,1H3,(H,18,19,20). The van der Waals surface area contributed by atoms with Gasteiger partial charge in [-0.3, -0.25) is 0 Å². The molecule has 0 bridgehead atoms. The fourth-order valence-corrected chi connectivity index (χ4v) is 3.00. The summed E-state index contributed by atoms with van der Waals surface area (Å²) in [5.41, 5.74) is 7.54. The van der Waals surface area contributed by atoms with Crippen LogP contribution in [-0.2, 0) is 0 Å². The third kappa shape index (κ3) is 3.42. The fourth-order valence-electron chi connectivity index (χ4n) is 3.00. The van der Waals surface area contributed by atoms with Crippen molar-refractivity contribution in [2.45, 2.75) is 32.2 Å². The fraction of sp³-hybridized carbons (Fsp3) is 0.500. The number of anilines is 2. The molecule has 5 heteroatoms. The molecule has 1 fully saturated rings. The van der Waals surface area contributed by atoms with E-state index in [0.717, 1.165) is 29.0 Å². The molecule has 1 saturated heterocycles. The minimum Gasteiger partial charge on any atom is -0.399 e. The topological polar surface area (TPSA) is 67.1 Å². The highest BCUT2D eigenvalue weighted by Gasteiger charge is 2.14. The number of hydrogen-bond acceptors (Lipinski definition) is 5. The maximum Gasteiger partial charge on any atom is 0.137 e. The van der Waals surface area contributed by atoms with Gasteiger partial charge in [-0.25, -0.2) is 9.97 Å². The Bertz CT molecular complexity index is 607. The number of aromatic nitrogens is 2. The van der Waals surface area contributed by atoms with Crippen LogP contribution in [0.4, 0.5) is 11.5 Å². The van der Waals surface area contributed by atoms with Crippen LogP contribution in [0.2, 0.25) is 0 Å². The number of fused-ring (bicyclic) bond motifs is 1. The third-order valence-corrected chi connectivity index (χ3v) is 4.02. The Kier molecular flexibility index (Phi) is 4.20. The maximum absolute atomic E-state index is 5.88. The molecule has 1 aromatic carbocycles. The number of nitrogens with one attached hydrogen (secondary N) is 1. The highest BCUT2D eigenvalue weighted by molar-refractivity contribution is 5.91. The molecular weight excluding hydrogens is 262 g/mol. The molecule has 0 radical (unpaired) electrons. The normalized spacial score (nSPS) is 17.8.